The van der Waals surface area contributed by atoms with E-state index < -0.39 is 0 Å². The molecule has 0 aliphatic rings. The molecule has 0 radical (unpaired) electrons. The summed E-state index contributed by atoms with van der Waals surface area (Å²) in [6.07, 6.45) is 0. The summed E-state index contributed by atoms with van der Waals surface area (Å²) >= 11 is 0. The second-order valence-electron chi connectivity index (χ2n) is 5.01. The Labute approximate surface area is 106 Å². The van der Waals surface area contributed by atoms with Gasteiger partial charge in [-0.05, 0) is 43.0 Å². The van der Waals surface area contributed by atoms with Gasteiger partial charge in [-0.2, -0.15) is 0 Å². The van der Waals surface area contributed by atoms with E-state index in [1.165, 1.54) is 18.6 Å². The number of aryl methyl sites for hydroxylation is 1. The number of hydrogen-bond donors (Lipinski definition) is 1. The Morgan fingerprint density at radius 1 is 1.22 bits per heavy atom. The van der Waals surface area contributed by atoms with Crippen molar-refractivity contribution >= 4 is 16.7 Å². The molecule has 3 nitrogen and oxygen atoms in total. The average Bonchev–Trinajstić information content (AvgIpc) is 2.27. The molecule has 0 saturated carbocycles. The van der Waals surface area contributed by atoms with Crippen LogP contribution in [0.1, 0.15) is 48.2 Å². The van der Waals surface area contributed by atoms with Crippen LogP contribution in [0.5, 0.6) is 0 Å². The van der Waals surface area contributed by atoms with Crippen molar-refractivity contribution in [2.24, 2.45) is 0 Å². The molecule has 0 aliphatic heterocycles. The lowest BCUT2D eigenvalue weighted by Gasteiger charge is -2.12. The van der Waals surface area contributed by atoms with Crippen LogP contribution in [0.3, 0.4) is 0 Å². The minimum absolute atomic E-state index is 0.0807. The van der Waals surface area contributed by atoms with Gasteiger partial charge in [0.25, 0.3) is 0 Å². The first-order valence-electron chi connectivity index (χ1n) is 6.08. The van der Waals surface area contributed by atoms with Gasteiger partial charge >= 0.3 is 0 Å². The normalized spacial score (nSPS) is 11.2. The van der Waals surface area contributed by atoms with Crippen LogP contribution in [0.4, 0.5) is 0 Å². The van der Waals surface area contributed by atoms with Gasteiger partial charge in [0.1, 0.15) is 0 Å². The van der Waals surface area contributed by atoms with E-state index in [9.17, 15) is 9.59 Å². The van der Waals surface area contributed by atoms with E-state index in [0.717, 1.165) is 16.5 Å². The number of carbonyl (C=O) groups is 1. The van der Waals surface area contributed by atoms with Crippen molar-refractivity contribution in [2.75, 3.05) is 0 Å². The summed E-state index contributed by atoms with van der Waals surface area (Å²) in [7, 11) is 0. The molecule has 0 bridgehead atoms. The van der Waals surface area contributed by atoms with Crippen LogP contribution < -0.4 is 5.56 Å². The predicted molar refractivity (Wildman–Crippen MR) is 73.4 cm³/mol. The van der Waals surface area contributed by atoms with Crippen LogP contribution in [0, 0.1) is 6.92 Å². The third-order valence-corrected chi connectivity index (χ3v) is 3.23. The van der Waals surface area contributed by atoms with Crippen LogP contribution >= 0.6 is 0 Å². The van der Waals surface area contributed by atoms with E-state index in [1.54, 1.807) is 0 Å². The molecule has 1 N–H and O–H groups in total. The van der Waals surface area contributed by atoms with Crippen molar-refractivity contribution in [1.29, 1.82) is 0 Å². The predicted octanol–water partition coefficient (Wildman–Crippen LogP) is 3.16. The maximum atomic E-state index is 11.6. The van der Waals surface area contributed by atoms with Crippen LogP contribution in [0.15, 0.2) is 23.0 Å². The molecular weight excluding hydrogens is 226 g/mol. The van der Waals surface area contributed by atoms with Gasteiger partial charge in [-0.3, -0.25) is 9.59 Å². The molecule has 0 aliphatic carbocycles. The van der Waals surface area contributed by atoms with Crippen molar-refractivity contribution in [2.45, 2.75) is 33.6 Å². The average molecular weight is 243 g/mol. The monoisotopic (exact) mass is 243 g/mol. The smallest absolute Gasteiger partial charge is 0.249 e. The van der Waals surface area contributed by atoms with E-state index in [0.29, 0.717) is 11.5 Å². The summed E-state index contributed by atoms with van der Waals surface area (Å²) in [5.74, 6) is 0.307. The lowest BCUT2D eigenvalue weighted by Crippen LogP contribution is -2.09. The largest absolute Gasteiger partial charge is 0.322 e. The highest BCUT2D eigenvalue weighted by atomic mass is 16.1. The summed E-state index contributed by atoms with van der Waals surface area (Å²) in [4.78, 5) is 26.0. The summed E-state index contributed by atoms with van der Waals surface area (Å²) in [6, 6.07) is 5.33. The van der Waals surface area contributed by atoms with Gasteiger partial charge in [0.05, 0.1) is 0 Å². The lowest BCUT2D eigenvalue weighted by molar-refractivity contribution is 0.101. The Hall–Kier alpha value is -1.90. The third kappa shape index (κ3) is 2.08. The fraction of sp³-hybridized carbons (Fsp3) is 0.333. The maximum Gasteiger partial charge on any atom is 0.249 e. The second kappa shape index (κ2) is 4.41. The summed E-state index contributed by atoms with van der Waals surface area (Å²) < 4.78 is 0. The van der Waals surface area contributed by atoms with Crippen LogP contribution in [-0.4, -0.2) is 10.8 Å². The van der Waals surface area contributed by atoms with E-state index in [4.69, 9.17) is 0 Å². The highest BCUT2D eigenvalue weighted by Gasteiger charge is 2.11. The van der Waals surface area contributed by atoms with Crippen molar-refractivity contribution in [3.8, 4) is 0 Å². The fourth-order valence-corrected chi connectivity index (χ4v) is 2.34. The Kier molecular flexibility index (Phi) is 3.07. The number of hydrogen-bond acceptors (Lipinski definition) is 2. The number of ketones is 1. The maximum absolute atomic E-state index is 11.6. The molecule has 0 fully saturated rings. The SMILES string of the molecule is CC(=O)c1cc(=O)[nH]c2cc(C(C)C)c(C)cc12. The van der Waals surface area contributed by atoms with Gasteiger partial charge in [-0.15, -0.1) is 0 Å². The first kappa shape index (κ1) is 12.6. The number of aromatic amines is 1. The number of H-pyrrole nitrogens is 1. The first-order chi connectivity index (χ1) is 8.40. The molecule has 1 heterocycles. The number of pyridine rings is 1. The van der Waals surface area contributed by atoms with Gasteiger partial charge in [0, 0.05) is 22.5 Å². The van der Waals surface area contributed by atoms with Crippen LogP contribution in [0.2, 0.25) is 0 Å². The zero-order chi connectivity index (χ0) is 13.4. The number of aromatic nitrogens is 1. The summed E-state index contributed by atoms with van der Waals surface area (Å²) in [5, 5.41) is 0.823. The third-order valence-electron chi connectivity index (χ3n) is 3.23. The van der Waals surface area contributed by atoms with Crippen molar-refractivity contribution in [1.82, 2.24) is 4.98 Å². The quantitative estimate of drug-likeness (QED) is 0.824. The molecule has 2 aromatic rings. The van der Waals surface area contributed by atoms with E-state index in [1.807, 2.05) is 19.1 Å². The Morgan fingerprint density at radius 3 is 2.44 bits per heavy atom. The molecule has 2 rings (SSSR count). The molecule has 0 saturated heterocycles. The number of carbonyl (C=O) groups excluding carboxylic acids is 1. The van der Waals surface area contributed by atoms with Gasteiger partial charge in [-0.1, -0.05) is 13.8 Å². The molecular formula is C15H17NO2. The van der Waals surface area contributed by atoms with E-state index in [-0.39, 0.29) is 11.3 Å². The highest BCUT2D eigenvalue weighted by Crippen LogP contribution is 2.25. The molecule has 18 heavy (non-hydrogen) atoms. The Bertz CT molecular complexity index is 681. The standard InChI is InChI=1S/C15H17NO2/c1-8(2)11-6-14-13(5-9(11)3)12(10(4)17)7-15(18)16-14/h5-8H,1-4H3,(H,16,18). The molecule has 1 aromatic carbocycles. The van der Waals surface area contributed by atoms with Gasteiger partial charge in [0.15, 0.2) is 5.78 Å². The number of fused-ring (bicyclic) bond motifs is 1. The molecule has 3 heteroatoms. The number of Topliss-reactive ketones (excluding diaryl/α,β-unsaturated/α-hetero) is 1. The van der Waals surface area contributed by atoms with Crippen molar-refractivity contribution < 1.29 is 4.79 Å². The van der Waals surface area contributed by atoms with E-state index >= 15 is 0 Å². The minimum atomic E-state index is -0.230. The fourth-order valence-electron chi connectivity index (χ4n) is 2.34. The molecule has 1 aromatic heterocycles. The van der Waals surface area contributed by atoms with Gasteiger partial charge < -0.3 is 4.98 Å². The van der Waals surface area contributed by atoms with Crippen molar-refractivity contribution in [3.63, 3.8) is 0 Å². The zero-order valence-corrected chi connectivity index (χ0v) is 11.1. The highest BCUT2D eigenvalue weighted by molar-refractivity contribution is 6.06. The number of benzene rings is 1. The Morgan fingerprint density at radius 2 is 1.89 bits per heavy atom. The first-order valence-corrected chi connectivity index (χ1v) is 6.08. The van der Waals surface area contributed by atoms with Gasteiger partial charge in [-0.25, -0.2) is 0 Å². The Balaban J connectivity index is 2.88. The van der Waals surface area contributed by atoms with Crippen molar-refractivity contribution in [3.05, 3.63) is 45.2 Å². The number of rotatable bonds is 2. The lowest BCUT2D eigenvalue weighted by atomic mass is 9.94. The second-order valence-corrected chi connectivity index (χ2v) is 5.01. The molecule has 94 valence electrons. The zero-order valence-electron chi connectivity index (χ0n) is 11.1. The van der Waals surface area contributed by atoms with Crippen LogP contribution in [0.25, 0.3) is 10.9 Å². The summed E-state index contributed by atoms with van der Waals surface area (Å²) in [6.45, 7) is 7.74. The van der Waals surface area contributed by atoms with Crippen LogP contribution in [-0.2, 0) is 0 Å². The molecule has 0 amide bonds. The minimum Gasteiger partial charge on any atom is -0.322 e. The summed E-state index contributed by atoms with van der Waals surface area (Å²) in [5.41, 5.74) is 3.34. The molecule has 0 spiro atoms. The molecule has 0 unspecified atom stereocenters. The van der Waals surface area contributed by atoms with Gasteiger partial charge in [0.2, 0.25) is 5.56 Å². The topological polar surface area (TPSA) is 49.9 Å². The number of nitrogens with one attached hydrogen (secondary N) is 1. The molecule has 0 atom stereocenters. The van der Waals surface area contributed by atoms with E-state index in [2.05, 4.69) is 18.8 Å².